The Bertz CT molecular complexity index is 2160. The van der Waals surface area contributed by atoms with E-state index >= 15 is 0 Å². The zero-order valence-electron chi connectivity index (χ0n) is 24.0. The summed E-state index contributed by atoms with van der Waals surface area (Å²) in [5, 5.41) is 13.8. The Morgan fingerprint density at radius 3 is 1.78 bits per heavy atom. The van der Waals surface area contributed by atoms with E-state index in [0.717, 1.165) is 60.1 Å². The molecule has 0 aliphatic rings. The lowest BCUT2D eigenvalue weighted by atomic mass is 10.1. The Kier molecular flexibility index (Phi) is 8.96. The molecule has 0 spiro atoms. The highest BCUT2D eigenvalue weighted by Crippen LogP contribution is 2.25. The molecule has 15 heteroatoms. The van der Waals surface area contributed by atoms with Gasteiger partial charge in [-0.25, -0.2) is 9.97 Å². The first kappa shape index (κ1) is 29.7. The molecule has 0 aliphatic heterocycles. The molecule has 0 bridgehead atoms. The highest BCUT2D eigenvalue weighted by Gasteiger charge is 2.06. The molecule has 8 aromatic rings. The molecule has 8 aromatic heterocycles. The molecule has 0 saturated carbocycles. The van der Waals surface area contributed by atoms with Gasteiger partial charge in [0, 0.05) is 61.1 Å². The molecule has 0 aromatic carbocycles. The zero-order chi connectivity index (χ0) is 31.2. The van der Waals surface area contributed by atoms with Crippen molar-refractivity contribution >= 4 is 72.2 Å². The third kappa shape index (κ3) is 7.62. The number of fused-ring (bicyclic) bond motifs is 2. The van der Waals surface area contributed by atoms with Gasteiger partial charge in [-0.05, 0) is 36.4 Å². The van der Waals surface area contributed by atoms with Gasteiger partial charge < -0.3 is 11.1 Å². The van der Waals surface area contributed by atoms with Gasteiger partial charge in [-0.2, -0.15) is 10.2 Å². The third-order valence-corrected chi connectivity index (χ3v) is 7.76. The van der Waals surface area contributed by atoms with E-state index in [0.29, 0.717) is 5.15 Å². The van der Waals surface area contributed by atoms with E-state index in [1.54, 1.807) is 45.0 Å². The molecular formula is C30H25ClN12S2. The minimum atomic E-state index is 0.475. The Balaban J connectivity index is 0.000000137. The normalized spacial score (nSPS) is 10.6. The predicted molar refractivity (Wildman–Crippen MR) is 180 cm³/mol. The standard InChI is InChI=1S/C15H12N6S.C12H9ClN4.C3H4N2S/c1-21-8-11(6-18-21)10-4-13-12(17-5-10)2-3-14(19-13)20-15-7-16-9-22-15;1-17-7-9(6-15-17)8-4-11-10(14-5-8)2-3-12(13)16-11;4-3-1-5-2-6-3/h2-9H,1H3,(H,19,20);2-7H,1H3;1-2H,4H2. The van der Waals surface area contributed by atoms with Crippen LogP contribution in [0.15, 0.2) is 97.0 Å². The summed E-state index contributed by atoms with van der Waals surface area (Å²) < 4.78 is 3.53. The lowest BCUT2D eigenvalue weighted by Gasteiger charge is -2.05. The van der Waals surface area contributed by atoms with Gasteiger partial charge >= 0.3 is 0 Å². The van der Waals surface area contributed by atoms with Crippen molar-refractivity contribution in [1.82, 2.24) is 49.5 Å². The van der Waals surface area contributed by atoms with Crippen LogP contribution >= 0.6 is 34.3 Å². The van der Waals surface area contributed by atoms with Crippen LogP contribution in [0.5, 0.6) is 0 Å². The third-order valence-electron chi connectivity index (χ3n) is 6.25. The Labute approximate surface area is 270 Å². The Hall–Kier alpha value is -5.31. The topological polar surface area (TPSA) is 151 Å². The molecule has 45 heavy (non-hydrogen) atoms. The summed E-state index contributed by atoms with van der Waals surface area (Å²) in [6.45, 7) is 0. The number of halogens is 1. The van der Waals surface area contributed by atoms with E-state index in [1.807, 2.05) is 75.4 Å². The lowest BCUT2D eigenvalue weighted by Crippen LogP contribution is -1.93. The van der Waals surface area contributed by atoms with E-state index in [2.05, 4.69) is 45.4 Å². The van der Waals surface area contributed by atoms with Gasteiger partial charge in [-0.1, -0.05) is 11.6 Å². The first-order chi connectivity index (χ1) is 21.9. The summed E-state index contributed by atoms with van der Waals surface area (Å²) in [7, 11) is 3.78. The number of nitrogens with zero attached hydrogens (tertiary/aromatic N) is 10. The monoisotopic (exact) mass is 652 g/mol. The average Bonchev–Trinajstić information content (AvgIpc) is 3.88. The molecule has 0 atom stereocenters. The summed E-state index contributed by atoms with van der Waals surface area (Å²) in [6, 6.07) is 11.5. The van der Waals surface area contributed by atoms with Crippen LogP contribution in [-0.2, 0) is 14.1 Å². The van der Waals surface area contributed by atoms with E-state index in [-0.39, 0.29) is 0 Å². The molecule has 0 fully saturated rings. The number of thiazole rings is 2. The molecule has 12 nitrogen and oxygen atoms in total. The van der Waals surface area contributed by atoms with Gasteiger partial charge in [0.25, 0.3) is 0 Å². The maximum absolute atomic E-state index is 5.87. The van der Waals surface area contributed by atoms with Crippen LogP contribution in [0, 0.1) is 0 Å². The van der Waals surface area contributed by atoms with Crippen LogP contribution in [0.25, 0.3) is 44.3 Å². The van der Waals surface area contributed by atoms with Gasteiger partial charge in [0.1, 0.15) is 21.0 Å². The second-order valence-corrected chi connectivity index (χ2v) is 11.7. The van der Waals surface area contributed by atoms with Crippen LogP contribution in [0.3, 0.4) is 0 Å². The van der Waals surface area contributed by atoms with Gasteiger partial charge in [0.15, 0.2) is 0 Å². The second-order valence-electron chi connectivity index (χ2n) is 9.55. The van der Waals surface area contributed by atoms with E-state index < -0.39 is 0 Å². The fourth-order valence-electron chi connectivity index (χ4n) is 4.14. The largest absolute Gasteiger partial charge is 0.389 e. The number of pyridine rings is 4. The highest BCUT2D eigenvalue weighted by molar-refractivity contribution is 7.14. The number of nitrogens with two attached hydrogens (primary N) is 1. The fraction of sp³-hybridized carbons (Fsp3) is 0.0667. The molecule has 0 saturated heterocycles. The number of nitrogen functional groups attached to an aromatic ring is 1. The predicted octanol–water partition coefficient (Wildman–Crippen LogP) is 6.64. The molecule has 224 valence electrons. The minimum Gasteiger partial charge on any atom is -0.389 e. The zero-order valence-corrected chi connectivity index (χ0v) is 26.4. The Morgan fingerprint density at radius 2 is 1.27 bits per heavy atom. The van der Waals surface area contributed by atoms with Crippen molar-refractivity contribution in [3.8, 4) is 22.3 Å². The SMILES string of the molecule is Cn1cc(-c2cnc3ccc(Cl)nc3c2)cn1.Cn1cc(-c2cnc3ccc(Nc4cncs4)nc3c2)cn1.Nc1cncs1. The number of aryl methyl sites for hydroxylation is 2. The quantitative estimate of drug-likeness (QED) is 0.198. The van der Waals surface area contributed by atoms with Crippen molar-refractivity contribution in [2.45, 2.75) is 0 Å². The molecule has 8 heterocycles. The smallest absolute Gasteiger partial charge is 0.131 e. The van der Waals surface area contributed by atoms with Crippen molar-refractivity contribution in [2.24, 2.45) is 14.1 Å². The Morgan fingerprint density at radius 1 is 0.667 bits per heavy atom. The van der Waals surface area contributed by atoms with Gasteiger partial charge in [0.2, 0.25) is 0 Å². The van der Waals surface area contributed by atoms with E-state index in [4.69, 9.17) is 17.3 Å². The average molecular weight is 653 g/mol. The van der Waals surface area contributed by atoms with Crippen molar-refractivity contribution in [1.29, 1.82) is 0 Å². The molecule has 0 aliphatic carbocycles. The molecule has 8 rings (SSSR count). The molecular weight excluding hydrogens is 628 g/mol. The summed E-state index contributed by atoms with van der Waals surface area (Å²) in [5.41, 5.74) is 16.1. The summed E-state index contributed by atoms with van der Waals surface area (Å²) in [5.74, 6) is 0.780. The van der Waals surface area contributed by atoms with Crippen molar-refractivity contribution in [3.63, 3.8) is 0 Å². The first-order valence-corrected chi connectivity index (χ1v) is 15.5. The fourth-order valence-corrected chi connectivity index (χ4v) is 5.18. The minimum absolute atomic E-state index is 0.475. The number of hydrogen-bond donors (Lipinski definition) is 2. The first-order valence-electron chi connectivity index (χ1n) is 13.4. The van der Waals surface area contributed by atoms with E-state index in [9.17, 15) is 0 Å². The van der Waals surface area contributed by atoms with Crippen molar-refractivity contribution in [2.75, 3.05) is 11.1 Å². The van der Waals surface area contributed by atoms with Gasteiger partial charge in [-0.3, -0.25) is 29.3 Å². The number of rotatable bonds is 4. The van der Waals surface area contributed by atoms with Gasteiger partial charge in [-0.15, -0.1) is 22.7 Å². The molecule has 0 amide bonds. The van der Waals surface area contributed by atoms with Crippen LogP contribution in [0.1, 0.15) is 0 Å². The summed E-state index contributed by atoms with van der Waals surface area (Å²) >= 11 is 8.85. The van der Waals surface area contributed by atoms with Gasteiger partial charge in [0.05, 0.1) is 57.9 Å². The number of nitrogens with one attached hydrogen (secondary N) is 1. The van der Waals surface area contributed by atoms with E-state index in [1.165, 1.54) is 22.7 Å². The maximum Gasteiger partial charge on any atom is 0.131 e. The number of aromatic nitrogens is 10. The summed E-state index contributed by atoms with van der Waals surface area (Å²) in [6.07, 6.45) is 14.6. The number of anilines is 3. The second kappa shape index (κ2) is 13.5. The van der Waals surface area contributed by atoms with Crippen LogP contribution in [0.4, 0.5) is 15.8 Å². The van der Waals surface area contributed by atoms with Crippen LogP contribution in [-0.4, -0.2) is 49.5 Å². The highest BCUT2D eigenvalue weighted by atomic mass is 35.5. The summed E-state index contributed by atoms with van der Waals surface area (Å²) in [4.78, 5) is 25.4. The maximum atomic E-state index is 5.87. The molecule has 0 radical (unpaired) electrons. The number of hydrogen-bond acceptors (Lipinski definition) is 12. The van der Waals surface area contributed by atoms with Crippen molar-refractivity contribution < 1.29 is 0 Å². The lowest BCUT2D eigenvalue weighted by molar-refractivity contribution is 0.768. The van der Waals surface area contributed by atoms with Crippen molar-refractivity contribution in [3.05, 3.63) is 102 Å². The molecule has 0 unspecified atom stereocenters. The molecule has 3 N–H and O–H groups in total. The van der Waals surface area contributed by atoms with Crippen LogP contribution < -0.4 is 11.1 Å². The van der Waals surface area contributed by atoms with Crippen LogP contribution in [0.2, 0.25) is 5.15 Å².